The lowest BCUT2D eigenvalue weighted by atomic mass is 10.4. The molecule has 4 nitrogen and oxygen atoms in total. The van der Waals surface area contributed by atoms with Gasteiger partial charge in [-0.3, -0.25) is 0 Å². The molecule has 6 heteroatoms. The van der Waals surface area contributed by atoms with Gasteiger partial charge >= 0.3 is 17.1 Å². The molecular formula is C25H56O4Si2. The second kappa shape index (κ2) is 18.7. The molecule has 0 amide bonds. The van der Waals surface area contributed by atoms with Crippen molar-refractivity contribution in [2.75, 3.05) is 26.4 Å². The lowest BCUT2D eigenvalue weighted by Gasteiger charge is -2.37. The van der Waals surface area contributed by atoms with E-state index in [0.29, 0.717) is 11.1 Å². The Bertz CT molecular complexity index is 349. The fraction of sp³-hybridized carbons (Fsp3) is 1.00. The minimum absolute atomic E-state index is 0.457. The van der Waals surface area contributed by atoms with Crippen molar-refractivity contribution in [3.05, 3.63) is 0 Å². The van der Waals surface area contributed by atoms with Crippen LogP contribution in [0.15, 0.2) is 0 Å². The average molecular weight is 477 g/mol. The predicted molar refractivity (Wildman–Crippen MR) is 139 cm³/mol. The van der Waals surface area contributed by atoms with Crippen LogP contribution < -0.4 is 0 Å². The monoisotopic (exact) mass is 476 g/mol. The van der Waals surface area contributed by atoms with Gasteiger partial charge in [0, 0.05) is 26.4 Å². The van der Waals surface area contributed by atoms with Crippen molar-refractivity contribution in [2.45, 2.75) is 136 Å². The van der Waals surface area contributed by atoms with Crippen LogP contribution in [0.3, 0.4) is 0 Å². The van der Waals surface area contributed by atoms with E-state index in [0.717, 1.165) is 96.3 Å². The van der Waals surface area contributed by atoms with Crippen LogP contribution in [0.5, 0.6) is 0 Å². The van der Waals surface area contributed by atoms with E-state index in [1.807, 2.05) is 0 Å². The number of unbranched alkanes of at least 4 members (excludes halogenated alkanes) is 4. The predicted octanol–water partition coefficient (Wildman–Crippen LogP) is 8.35. The molecule has 0 rings (SSSR count). The third-order valence-corrected chi connectivity index (χ3v) is 14.6. The van der Waals surface area contributed by atoms with E-state index >= 15 is 0 Å². The quantitative estimate of drug-likeness (QED) is 0.116. The molecule has 0 N–H and O–H groups in total. The summed E-state index contributed by atoms with van der Waals surface area (Å²) in [4.78, 5) is 0. The SMILES string of the molecule is CCCCO[Si](CCC[Si](OCCCC)(OCCCC)C(C)C)(OCCCC)C(C)C. The molecule has 31 heavy (non-hydrogen) atoms. The summed E-state index contributed by atoms with van der Waals surface area (Å²) >= 11 is 0. The zero-order chi connectivity index (χ0) is 23.6. The van der Waals surface area contributed by atoms with Crippen molar-refractivity contribution in [2.24, 2.45) is 0 Å². The minimum Gasteiger partial charge on any atom is -0.394 e. The molecule has 0 fully saturated rings. The van der Waals surface area contributed by atoms with Crippen molar-refractivity contribution < 1.29 is 17.7 Å². The summed E-state index contributed by atoms with van der Waals surface area (Å²) in [5, 5.41) is 0. The van der Waals surface area contributed by atoms with Crippen molar-refractivity contribution in [3.8, 4) is 0 Å². The highest BCUT2D eigenvalue weighted by Crippen LogP contribution is 2.35. The van der Waals surface area contributed by atoms with Crippen LogP contribution in [0.1, 0.15) is 113 Å². The van der Waals surface area contributed by atoms with Crippen LogP contribution in [0, 0.1) is 0 Å². The van der Waals surface area contributed by atoms with Crippen molar-refractivity contribution in [3.63, 3.8) is 0 Å². The zero-order valence-corrected chi connectivity index (χ0v) is 24.4. The van der Waals surface area contributed by atoms with Gasteiger partial charge in [-0.05, 0) is 55.3 Å². The summed E-state index contributed by atoms with van der Waals surface area (Å²) in [6.45, 7) is 21.4. The molecule has 0 aromatic rings. The Kier molecular flexibility index (Phi) is 18.8. The maximum atomic E-state index is 6.60. The maximum Gasteiger partial charge on any atom is 0.340 e. The minimum atomic E-state index is -2.25. The summed E-state index contributed by atoms with van der Waals surface area (Å²) in [7, 11) is -4.49. The molecule has 0 aliphatic heterocycles. The number of rotatable bonds is 22. The molecule has 0 aliphatic carbocycles. The molecule has 0 aliphatic rings. The molecule has 188 valence electrons. The van der Waals surface area contributed by atoms with Crippen molar-refractivity contribution in [1.82, 2.24) is 0 Å². The summed E-state index contributed by atoms with van der Waals surface area (Å²) < 4.78 is 26.4. The summed E-state index contributed by atoms with van der Waals surface area (Å²) in [5.41, 5.74) is 0.914. The summed E-state index contributed by atoms with van der Waals surface area (Å²) in [6, 6.07) is 2.10. The van der Waals surface area contributed by atoms with E-state index in [2.05, 4.69) is 55.4 Å². The van der Waals surface area contributed by atoms with Crippen LogP contribution in [0.4, 0.5) is 0 Å². The second-order valence-electron chi connectivity index (χ2n) is 9.59. The van der Waals surface area contributed by atoms with Gasteiger partial charge in [0.2, 0.25) is 0 Å². The van der Waals surface area contributed by atoms with Gasteiger partial charge in [0.05, 0.1) is 0 Å². The van der Waals surface area contributed by atoms with Gasteiger partial charge in [-0.15, -0.1) is 0 Å². The molecule has 0 radical (unpaired) electrons. The van der Waals surface area contributed by atoms with E-state index in [1.165, 1.54) is 0 Å². The van der Waals surface area contributed by atoms with Gasteiger partial charge in [-0.25, -0.2) is 0 Å². The van der Waals surface area contributed by atoms with Gasteiger partial charge in [0.25, 0.3) is 0 Å². The molecule has 0 atom stereocenters. The molecule has 0 aromatic carbocycles. The Hall–Kier alpha value is 0.274. The van der Waals surface area contributed by atoms with Crippen LogP contribution >= 0.6 is 0 Å². The largest absolute Gasteiger partial charge is 0.394 e. The molecule has 0 saturated heterocycles. The third-order valence-electron chi connectivity index (χ3n) is 6.19. The van der Waals surface area contributed by atoms with Gasteiger partial charge in [-0.1, -0.05) is 81.1 Å². The first-order chi connectivity index (χ1) is 14.8. The molecule has 0 unspecified atom stereocenters. The van der Waals surface area contributed by atoms with Crippen LogP contribution in [-0.2, 0) is 17.7 Å². The molecular weight excluding hydrogens is 420 g/mol. The standard InChI is InChI=1S/C25H56O4Si2/c1-9-13-18-26-30(24(5)6,27-19-14-10-2)22-17-23-31(25(7)8,28-20-15-11-3)29-21-16-12-4/h24-25H,9-23H2,1-8H3. The van der Waals surface area contributed by atoms with E-state index in [1.54, 1.807) is 0 Å². The van der Waals surface area contributed by atoms with Crippen molar-refractivity contribution >= 4 is 17.1 Å². The molecule has 0 spiro atoms. The van der Waals surface area contributed by atoms with Crippen molar-refractivity contribution in [1.29, 1.82) is 0 Å². The lowest BCUT2D eigenvalue weighted by Crippen LogP contribution is -2.48. The Labute approximate surface area is 197 Å². The van der Waals surface area contributed by atoms with Crippen LogP contribution in [-0.4, -0.2) is 43.5 Å². The Balaban J connectivity index is 5.32. The summed E-state index contributed by atoms with van der Waals surface area (Å²) in [5.74, 6) is 0. The highest BCUT2D eigenvalue weighted by atomic mass is 28.4. The Morgan fingerprint density at radius 3 is 0.903 bits per heavy atom. The van der Waals surface area contributed by atoms with Gasteiger partial charge in [-0.2, -0.15) is 0 Å². The van der Waals surface area contributed by atoms with Crippen LogP contribution in [0.2, 0.25) is 23.2 Å². The number of hydrogen-bond acceptors (Lipinski definition) is 4. The molecule has 0 saturated carbocycles. The van der Waals surface area contributed by atoms with E-state index in [4.69, 9.17) is 17.7 Å². The first-order valence-corrected chi connectivity index (χ1v) is 17.6. The van der Waals surface area contributed by atoms with E-state index < -0.39 is 17.1 Å². The second-order valence-corrected chi connectivity index (χ2v) is 17.3. The normalized spacial score (nSPS) is 13.0. The third kappa shape index (κ3) is 12.3. The van der Waals surface area contributed by atoms with E-state index in [9.17, 15) is 0 Å². The first-order valence-electron chi connectivity index (χ1n) is 13.4. The molecule has 0 aromatic heterocycles. The topological polar surface area (TPSA) is 36.9 Å². The van der Waals surface area contributed by atoms with Gasteiger partial charge < -0.3 is 17.7 Å². The fourth-order valence-electron chi connectivity index (χ4n) is 3.75. The zero-order valence-electron chi connectivity index (χ0n) is 22.4. The lowest BCUT2D eigenvalue weighted by molar-refractivity contribution is 0.149. The first kappa shape index (κ1) is 31.3. The van der Waals surface area contributed by atoms with Gasteiger partial charge in [0.1, 0.15) is 0 Å². The van der Waals surface area contributed by atoms with Gasteiger partial charge in [0.15, 0.2) is 0 Å². The number of hydrogen-bond donors (Lipinski definition) is 0. The summed E-state index contributed by atoms with van der Waals surface area (Å²) in [6.07, 6.45) is 10.2. The molecule has 0 heterocycles. The average Bonchev–Trinajstić information content (AvgIpc) is 2.73. The Morgan fingerprint density at radius 2 is 0.710 bits per heavy atom. The van der Waals surface area contributed by atoms with Crippen LogP contribution in [0.25, 0.3) is 0 Å². The fourth-order valence-corrected chi connectivity index (χ4v) is 10.6. The smallest absolute Gasteiger partial charge is 0.340 e. The Morgan fingerprint density at radius 1 is 0.452 bits per heavy atom. The maximum absolute atomic E-state index is 6.60. The highest BCUT2D eigenvalue weighted by Gasteiger charge is 2.45. The highest BCUT2D eigenvalue weighted by molar-refractivity contribution is 6.70. The molecule has 0 bridgehead atoms. The van der Waals surface area contributed by atoms with E-state index in [-0.39, 0.29) is 0 Å².